The Labute approximate surface area is 515 Å². The van der Waals surface area contributed by atoms with Crippen LogP contribution >= 0.6 is 0 Å². The molecule has 0 fully saturated rings. The molecule has 0 saturated heterocycles. The van der Waals surface area contributed by atoms with Gasteiger partial charge in [-0.15, -0.1) is 0 Å². The Morgan fingerprint density at radius 1 is 0.353 bits per heavy atom. The monoisotopic (exact) mass is 1210 g/mol. The molecular formula is C65H126N6O14. The van der Waals surface area contributed by atoms with Crippen molar-refractivity contribution < 1.29 is 67.4 Å². The van der Waals surface area contributed by atoms with E-state index in [1.807, 2.05) is 34.7 Å². The number of unbranched alkanes of at least 4 members (excludes halogenated alkanes) is 9. The van der Waals surface area contributed by atoms with Gasteiger partial charge in [0.05, 0.1) is 62.3 Å². The number of ether oxygens (including phenoxy) is 6. The summed E-state index contributed by atoms with van der Waals surface area (Å²) in [6.45, 7) is 22.3. The molecule has 0 aromatic heterocycles. The van der Waals surface area contributed by atoms with Crippen molar-refractivity contribution in [1.82, 2.24) is 31.9 Å². The van der Waals surface area contributed by atoms with Gasteiger partial charge in [0.1, 0.15) is 0 Å². The Morgan fingerprint density at radius 3 is 1.14 bits per heavy atom. The lowest BCUT2D eigenvalue weighted by Crippen LogP contribution is -2.32. The highest BCUT2D eigenvalue weighted by Crippen LogP contribution is 2.20. The molecule has 0 radical (unpaired) electrons. The average Bonchev–Trinajstić information content (AvgIpc) is 3.52. The number of hydrogen-bond donors (Lipinski definition) is 8. The van der Waals surface area contributed by atoms with E-state index >= 15 is 0 Å². The van der Waals surface area contributed by atoms with Crippen LogP contribution in [0.5, 0.6) is 0 Å². The number of nitrogens with one attached hydrogen (secondary N) is 6. The van der Waals surface area contributed by atoms with Crippen LogP contribution in [-0.4, -0.2) is 176 Å². The standard InChI is InChI=1S/C65H126N6O14/c1-52(2)70-40-17-11-12-18-41-71-55(7)51-59(28-24-46-73)63(77)83-48-22-14-32-61(75)81-50-26-30-58(65(79)85-54(5)6)35-44-68-38-16-10-9-15-37-67-43-34-57(64(78)84-53(3)4)29-25-49-80-60(74)31-13-21-47-82-62(76)56(27-23-45-72)33-42-69-39-20-19-36-66-8/h52-59,66-73H,9-51H2,1-8H3. The molecule has 20 nitrogen and oxygen atoms in total. The predicted octanol–water partition coefficient (Wildman–Crippen LogP) is 8.40. The fraction of sp³-hybridized carbons (Fsp3) is 0.908. The van der Waals surface area contributed by atoms with E-state index in [1.165, 1.54) is 19.3 Å². The lowest BCUT2D eigenvalue weighted by Gasteiger charge is -2.21. The lowest BCUT2D eigenvalue weighted by molar-refractivity contribution is -0.154. The molecule has 85 heavy (non-hydrogen) atoms. The van der Waals surface area contributed by atoms with E-state index in [4.69, 9.17) is 28.4 Å². The summed E-state index contributed by atoms with van der Waals surface area (Å²) >= 11 is 0. The fourth-order valence-electron chi connectivity index (χ4n) is 9.77. The van der Waals surface area contributed by atoms with E-state index in [-0.39, 0.29) is 130 Å². The van der Waals surface area contributed by atoms with Crippen LogP contribution in [0.15, 0.2) is 0 Å². The molecule has 0 spiro atoms. The first-order valence-corrected chi connectivity index (χ1v) is 33.5. The van der Waals surface area contributed by atoms with Crippen LogP contribution in [0.2, 0.25) is 0 Å². The van der Waals surface area contributed by atoms with E-state index in [0.29, 0.717) is 122 Å². The molecule has 0 heterocycles. The van der Waals surface area contributed by atoms with Gasteiger partial charge in [-0.05, 0) is 242 Å². The van der Waals surface area contributed by atoms with Gasteiger partial charge in [0.25, 0.3) is 0 Å². The first-order chi connectivity index (χ1) is 41.0. The number of carbonyl (C=O) groups excluding carboxylic acids is 6. The number of carbonyl (C=O) groups is 6. The number of aliphatic hydroxyl groups excluding tert-OH is 2. The maximum atomic E-state index is 13.0. The van der Waals surface area contributed by atoms with Gasteiger partial charge in [0.2, 0.25) is 0 Å². The fourth-order valence-corrected chi connectivity index (χ4v) is 9.77. The van der Waals surface area contributed by atoms with Crippen molar-refractivity contribution in [3.63, 3.8) is 0 Å². The highest BCUT2D eigenvalue weighted by Gasteiger charge is 2.25. The van der Waals surface area contributed by atoms with Crippen LogP contribution in [0, 0.1) is 23.7 Å². The third kappa shape index (κ3) is 52.2. The third-order valence-electron chi connectivity index (χ3n) is 14.7. The third-order valence-corrected chi connectivity index (χ3v) is 14.7. The average molecular weight is 1220 g/mol. The Bertz CT molecular complexity index is 1630. The zero-order valence-corrected chi connectivity index (χ0v) is 54.8. The number of aliphatic hydroxyl groups is 2. The molecule has 0 saturated carbocycles. The summed E-state index contributed by atoms with van der Waals surface area (Å²) in [6.07, 6.45) is 20.1. The van der Waals surface area contributed by atoms with Crippen LogP contribution in [0.25, 0.3) is 0 Å². The molecule has 20 heteroatoms. The summed E-state index contributed by atoms with van der Waals surface area (Å²) in [6, 6.07) is 0.674. The zero-order chi connectivity index (χ0) is 63.0. The first-order valence-electron chi connectivity index (χ1n) is 33.5. The second kappa shape index (κ2) is 58.2. The van der Waals surface area contributed by atoms with Crippen molar-refractivity contribution >= 4 is 35.8 Å². The molecule has 0 aliphatic carbocycles. The van der Waals surface area contributed by atoms with Gasteiger partial charge in [-0.3, -0.25) is 28.8 Å². The van der Waals surface area contributed by atoms with Crippen molar-refractivity contribution in [1.29, 1.82) is 0 Å². The molecular weight excluding hydrogens is 1090 g/mol. The first kappa shape index (κ1) is 81.5. The molecule has 0 aromatic rings. The normalized spacial score (nSPS) is 13.4. The molecule has 0 amide bonds. The number of rotatable bonds is 62. The SMILES string of the molecule is CNCCCCNCCC(CCCO)C(=O)OCCCCC(=O)OCCCC(CCNCCCCCCNCCC(CCCOC(=O)CCCCOC(=O)C(CCCO)CC(C)NCCCCCCNC(C)C)C(=O)OC(C)C)C(=O)OC(C)C. The Hall–Kier alpha value is -3.50. The van der Waals surface area contributed by atoms with E-state index in [9.17, 15) is 39.0 Å². The molecule has 0 aromatic carbocycles. The lowest BCUT2D eigenvalue weighted by atomic mass is 9.95. The Kier molecular flexibility index (Phi) is 55.8. The summed E-state index contributed by atoms with van der Waals surface area (Å²) in [5, 5.41) is 39.2. The van der Waals surface area contributed by atoms with Crippen molar-refractivity contribution in [3.05, 3.63) is 0 Å². The largest absolute Gasteiger partial charge is 0.466 e. The van der Waals surface area contributed by atoms with E-state index in [1.54, 1.807) is 0 Å². The quantitative estimate of drug-likeness (QED) is 0.0161. The summed E-state index contributed by atoms with van der Waals surface area (Å²) in [7, 11) is 1.94. The molecule has 500 valence electrons. The van der Waals surface area contributed by atoms with Gasteiger partial charge in [-0.1, -0.05) is 39.5 Å². The van der Waals surface area contributed by atoms with E-state index in [0.717, 1.165) is 90.8 Å². The van der Waals surface area contributed by atoms with Crippen LogP contribution in [0.1, 0.15) is 228 Å². The minimum atomic E-state index is -0.312. The zero-order valence-electron chi connectivity index (χ0n) is 54.8. The van der Waals surface area contributed by atoms with Crippen molar-refractivity contribution in [2.75, 3.05) is 106 Å². The summed E-state index contributed by atoms with van der Waals surface area (Å²) in [5.41, 5.74) is 0. The van der Waals surface area contributed by atoms with Gasteiger partial charge >= 0.3 is 35.8 Å². The van der Waals surface area contributed by atoms with Gasteiger partial charge in [-0.25, -0.2) is 0 Å². The van der Waals surface area contributed by atoms with Crippen LogP contribution in [-0.2, 0) is 57.2 Å². The maximum absolute atomic E-state index is 13.0. The minimum absolute atomic E-state index is 0.0304. The predicted molar refractivity (Wildman–Crippen MR) is 337 cm³/mol. The summed E-state index contributed by atoms with van der Waals surface area (Å²) in [4.78, 5) is 76.5. The number of hydrogen-bond acceptors (Lipinski definition) is 20. The van der Waals surface area contributed by atoms with Gasteiger partial charge in [-0.2, -0.15) is 0 Å². The van der Waals surface area contributed by atoms with E-state index < -0.39 is 0 Å². The highest BCUT2D eigenvalue weighted by molar-refractivity contribution is 5.74. The maximum Gasteiger partial charge on any atom is 0.309 e. The Balaban J connectivity index is 4.39. The topological polar surface area (TPSA) is 270 Å². The van der Waals surface area contributed by atoms with Gasteiger partial charge in [0, 0.05) is 38.1 Å². The second-order valence-corrected chi connectivity index (χ2v) is 23.9. The molecule has 0 rings (SSSR count). The highest BCUT2D eigenvalue weighted by atomic mass is 16.6. The van der Waals surface area contributed by atoms with E-state index in [2.05, 4.69) is 52.7 Å². The molecule has 0 bridgehead atoms. The number of esters is 6. The second-order valence-electron chi connectivity index (χ2n) is 23.9. The van der Waals surface area contributed by atoms with Crippen LogP contribution in [0.3, 0.4) is 0 Å². The summed E-state index contributed by atoms with van der Waals surface area (Å²) in [5.74, 6) is -2.75. The smallest absolute Gasteiger partial charge is 0.309 e. The molecule has 0 aliphatic rings. The van der Waals surface area contributed by atoms with Crippen molar-refractivity contribution in [3.8, 4) is 0 Å². The van der Waals surface area contributed by atoms with Crippen LogP contribution in [0.4, 0.5) is 0 Å². The molecule has 5 atom stereocenters. The molecule has 8 N–H and O–H groups in total. The van der Waals surface area contributed by atoms with Crippen molar-refractivity contribution in [2.45, 2.75) is 253 Å². The molecule has 5 unspecified atom stereocenters. The summed E-state index contributed by atoms with van der Waals surface area (Å²) < 4.78 is 33.2. The van der Waals surface area contributed by atoms with Gasteiger partial charge in [0.15, 0.2) is 0 Å². The Morgan fingerprint density at radius 2 is 0.718 bits per heavy atom. The van der Waals surface area contributed by atoms with Crippen molar-refractivity contribution in [2.24, 2.45) is 23.7 Å². The molecule has 0 aliphatic heterocycles. The van der Waals surface area contributed by atoms with Gasteiger partial charge < -0.3 is 70.5 Å². The minimum Gasteiger partial charge on any atom is -0.466 e. The van der Waals surface area contributed by atoms with Crippen LogP contribution < -0.4 is 31.9 Å².